The van der Waals surface area contributed by atoms with Crippen molar-refractivity contribution in [2.24, 2.45) is 5.92 Å². The minimum atomic E-state index is 0.607. The van der Waals surface area contributed by atoms with Crippen LogP contribution < -0.4 is 5.32 Å². The number of hydrogen-bond acceptors (Lipinski definition) is 2. The molecule has 1 aromatic heterocycles. The Hall–Kier alpha value is -0.340. The van der Waals surface area contributed by atoms with E-state index in [2.05, 4.69) is 30.6 Å². The summed E-state index contributed by atoms with van der Waals surface area (Å²) in [4.78, 5) is 1.55. The molecule has 0 aromatic carbocycles. The first-order chi connectivity index (χ1) is 7.31. The van der Waals surface area contributed by atoms with Crippen molar-refractivity contribution >= 4 is 11.3 Å². The van der Waals surface area contributed by atoms with E-state index >= 15 is 0 Å². The first kappa shape index (κ1) is 11.2. The van der Waals surface area contributed by atoms with Crippen LogP contribution in [0.1, 0.15) is 49.1 Å². The zero-order chi connectivity index (χ0) is 10.7. The van der Waals surface area contributed by atoms with E-state index in [0.29, 0.717) is 6.04 Å². The summed E-state index contributed by atoms with van der Waals surface area (Å²) >= 11 is 1.91. The van der Waals surface area contributed by atoms with Crippen LogP contribution in [0.2, 0.25) is 0 Å². The van der Waals surface area contributed by atoms with Gasteiger partial charge in [0.05, 0.1) is 0 Å². The molecule has 0 amide bonds. The zero-order valence-corrected chi connectivity index (χ0v) is 10.6. The second-order valence-electron chi connectivity index (χ2n) is 4.60. The van der Waals surface area contributed by atoms with E-state index in [1.165, 1.54) is 31.2 Å². The molecule has 15 heavy (non-hydrogen) atoms. The second-order valence-corrected chi connectivity index (χ2v) is 5.55. The van der Waals surface area contributed by atoms with Gasteiger partial charge < -0.3 is 5.32 Å². The highest BCUT2D eigenvalue weighted by Crippen LogP contribution is 2.37. The Labute approximate surface area is 96.9 Å². The van der Waals surface area contributed by atoms with E-state index in [4.69, 9.17) is 0 Å². The molecule has 2 heteroatoms. The Morgan fingerprint density at radius 1 is 1.53 bits per heavy atom. The van der Waals surface area contributed by atoms with Gasteiger partial charge >= 0.3 is 0 Å². The maximum absolute atomic E-state index is 3.62. The molecule has 1 saturated carbocycles. The lowest BCUT2D eigenvalue weighted by atomic mass is 10.0. The average Bonchev–Trinajstić information content (AvgIpc) is 2.96. The number of aryl methyl sites for hydroxylation is 1. The third-order valence-electron chi connectivity index (χ3n) is 3.23. The Kier molecular flexibility index (Phi) is 3.81. The van der Waals surface area contributed by atoms with Crippen LogP contribution in [0, 0.1) is 12.8 Å². The van der Waals surface area contributed by atoms with Gasteiger partial charge in [-0.25, -0.2) is 0 Å². The summed E-state index contributed by atoms with van der Waals surface area (Å²) in [5.41, 5.74) is 1.46. The third kappa shape index (κ3) is 3.05. The smallest absolute Gasteiger partial charge is 0.0417 e. The van der Waals surface area contributed by atoms with E-state index in [0.717, 1.165) is 12.5 Å². The molecule has 0 aliphatic heterocycles. The van der Waals surface area contributed by atoms with Gasteiger partial charge in [-0.3, -0.25) is 0 Å². The van der Waals surface area contributed by atoms with Gasteiger partial charge in [0.25, 0.3) is 0 Å². The largest absolute Gasteiger partial charge is 0.310 e. The summed E-state index contributed by atoms with van der Waals surface area (Å²) < 4.78 is 0. The summed E-state index contributed by atoms with van der Waals surface area (Å²) in [5.74, 6) is 1.05. The van der Waals surface area contributed by atoms with Crippen molar-refractivity contribution in [3.63, 3.8) is 0 Å². The number of hydrogen-bond donors (Lipinski definition) is 1. The predicted molar refractivity (Wildman–Crippen MR) is 67.4 cm³/mol. The molecule has 1 aliphatic rings. The molecule has 1 unspecified atom stereocenters. The Morgan fingerprint density at radius 2 is 2.33 bits per heavy atom. The van der Waals surface area contributed by atoms with Crippen LogP contribution in [0.15, 0.2) is 11.4 Å². The summed E-state index contributed by atoms with van der Waals surface area (Å²) in [5, 5.41) is 5.83. The normalized spacial score (nSPS) is 18.0. The average molecular weight is 223 g/mol. The van der Waals surface area contributed by atoms with Gasteiger partial charge in [-0.05, 0) is 49.2 Å². The minimum absolute atomic E-state index is 0.607. The highest BCUT2D eigenvalue weighted by atomic mass is 32.1. The van der Waals surface area contributed by atoms with E-state index in [-0.39, 0.29) is 0 Å². The molecular weight excluding hydrogens is 202 g/mol. The Balaban J connectivity index is 1.94. The molecular formula is C13H21NS. The molecule has 1 N–H and O–H groups in total. The number of thiophene rings is 1. The number of nitrogens with one attached hydrogen (secondary N) is 1. The van der Waals surface area contributed by atoms with E-state index < -0.39 is 0 Å². The van der Waals surface area contributed by atoms with Gasteiger partial charge in [0.1, 0.15) is 0 Å². The lowest BCUT2D eigenvalue weighted by molar-refractivity contribution is 0.486. The van der Waals surface area contributed by atoms with E-state index in [1.54, 1.807) is 4.88 Å². The highest BCUT2D eigenvalue weighted by Gasteiger charge is 2.23. The summed E-state index contributed by atoms with van der Waals surface area (Å²) in [6.45, 7) is 5.51. The maximum atomic E-state index is 3.62. The van der Waals surface area contributed by atoms with Crippen molar-refractivity contribution < 1.29 is 0 Å². The molecule has 84 valence electrons. The molecule has 0 bridgehead atoms. The van der Waals surface area contributed by atoms with Gasteiger partial charge in [-0.15, -0.1) is 11.3 Å². The summed E-state index contributed by atoms with van der Waals surface area (Å²) in [6.07, 6.45) is 5.68. The van der Waals surface area contributed by atoms with Crippen molar-refractivity contribution in [1.82, 2.24) is 5.32 Å². The zero-order valence-electron chi connectivity index (χ0n) is 9.75. The third-order valence-corrected chi connectivity index (χ3v) is 4.36. The molecule has 1 nitrogen and oxygen atoms in total. The van der Waals surface area contributed by atoms with E-state index in [1.807, 2.05) is 11.3 Å². The van der Waals surface area contributed by atoms with Crippen molar-refractivity contribution in [2.75, 3.05) is 6.54 Å². The summed E-state index contributed by atoms with van der Waals surface area (Å²) in [7, 11) is 0. The van der Waals surface area contributed by atoms with Crippen molar-refractivity contribution in [2.45, 2.75) is 45.6 Å². The topological polar surface area (TPSA) is 12.0 Å². The van der Waals surface area contributed by atoms with Crippen LogP contribution in [-0.4, -0.2) is 6.54 Å². The van der Waals surface area contributed by atoms with Crippen molar-refractivity contribution in [3.05, 3.63) is 21.9 Å². The van der Waals surface area contributed by atoms with Gasteiger partial charge in [-0.1, -0.05) is 19.8 Å². The summed E-state index contributed by atoms with van der Waals surface area (Å²) in [6, 6.07) is 2.84. The highest BCUT2D eigenvalue weighted by molar-refractivity contribution is 7.10. The molecule has 1 atom stereocenters. The predicted octanol–water partition coefficient (Wildman–Crippen LogP) is 3.90. The second kappa shape index (κ2) is 5.13. The van der Waals surface area contributed by atoms with Gasteiger partial charge in [0.15, 0.2) is 0 Å². The molecule has 2 rings (SSSR count). The fourth-order valence-corrected chi connectivity index (χ4v) is 3.16. The molecule has 0 spiro atoms. The molecule has 1 aromatic rings. The van der Waals surface area contributed by atoms with Crippen LogP contribution in [0.4, 0.5) is 0 Å². The SMILES string of the molecule is CCNC(CCC1CC1)c1sccc1C. The first-order valence-electron chi connectivity index (χ1n) is 6.08. The van der Waals surface area contributed by atoms with Crippen molar-refractivity contribution in [3.8, 4) is 0 Å². The quantitative estimate of drug-likeness (QED) is 0.771. The van der Waals surface area contributed by atoms with Crippen LogP contribution in [0.5, 0.6) is 0 Å². The molecule has 1 fully saturated rings. The van der Waals surface area contributed by atoms with Crippen LogP contribution in [0.25, 0.3) is 0 Å². The molecule has 1 heterocycles. The first-order valence-corrected chi connectivity index (χ1v) is 6.96. The minimum Gasteiger partial charge on any atom is -0.310 e. The van der Waals surface area contributed by atoms with E-state index in [9.17, 15) is 0 Å². The van der Waals surface area contributed by atoms with Gasteiger partial charge in [-0.2, -0.15) is 0 Å². The van der Waals surface area contributed by atoms with Crippen LogP contribution in [0.3, 0.4) is 0 Å². The maximum Gasteiger partial charge on any atom is 0.0417 e. The molecule has 1 aliphatic carbocycles. The Bertz CT molecular complexity index is 301. The fraction of sp³-hybridized carbons (Fsp3) is 0.692. The number of rotatable bonds is 6. The molecule has 0 radical (unpaired) electrons. The Morgan fingerprint density at radius 3 is 2.87 bits per heavy atom. The standard InChI is InChI=1S/C13H21NS/c1-3-14-12(7-6-11-4-5-11)13-10(2)8-9-15-13/h8-9,11-12,14H,3-7H2,1-2H3. The fourth-order valence-electron chi connectivity index (χ4n) is 2.12. The van der Waals surface area contributed by atoms with Crippen molar-refractivity contribution in [1.29, 1.82) is 0 Å². The van der Waals surface area contributed by atoms with Gasteiger partial charge in [0, 0.05) is 10.9 Å². The molecule has 0 saturated heterocycles. The lowest BCUT2D eigenvalue weighted by Gasteiger charge is -2.17. The van der Waals surface area contributed by atoms with Gasteiger partial charge in [0.2, 0.25) is 0 Å². The lowest BCUT2D eigenvalue weighted by Crippen LogP contribution is -2.20. The monoisotopic (exact) mass is 223 g/mol. The van der Waals surface area contributed by atoms with Crippen LogP contribution in [-0.2, 0) is 0 Å². The van der Waals surface area contributed by atoms with Crippen LogP contribution >= 0.6 is 11.3 Å².